The van der Waals surface area contributed by atoms with Gasteiger partial charge in [0.1, 0.15) is 0 Å². The minimum Gasteiger partial charge on any atom is -0.357 e. The summed E-state index contributed by atoms with van der Waals surface area (Å²) in [5.41, 5.74) is 5.79. The van der Waals surface area contributed by atoms with Crippen molar-refractivity contribution in [3.05, 3.63) is 46.5 Å². The highest BCUT2D eigenvalue weighted by molar-refractivity contribution is 14.0. The van der Waals surface area contributed by atoms with Gasteiger partial charge in [0.2, 0.25) is 0 Å². The first-order valence-corrected chi connectivity index (χ1v) is 8.86. The highest BCUT2D eigenvalue weighted by Gasteiger charge is 2.14. The van der Waals surface area contributed by atoms with Crippen molar-refractivity contribution < 1.29 is 0 Å². The van der Waals surface area contributed by atoms with E-state index in [9.17, 15) is 0 Å². The number of aromatic nitrogens is 3. The number of aliphatic imine (C=N–C) groups is 1. The van der Waals surface area contributed by atoms with Gasteiger partial charge < -0.3 is 10.6 Å². The molecule has 144 valence electrons. The van der Waals surface area contributed by atoms with Gasteiger partial charge in [0.25, 0.3) is 0 Å². The van der Waals surface area contributed by atoms with Crippen LogP contribution in [0, 0.1) is 20.8 Å². The van der Waals surface area contributed by atoms with Crippen molar-refractivity contribution in [1.29, 1.82) is 0 Å². The Morgan fingerprint density at radius 3 is 2.62 bits per heavy atom. The molecule has 2 heterocycles. The first kappa shape index (κ1) is 22.4. The van der Waals surface area contributed by atoms with Gasteiger partial charge >= 0.3 is 0 Å². The SMILES string of the molecule is CCNC(=NCc1ncccc1C)NC(C)Cc1c(C)nn(C)c1C.I. The molecule has 0 aliphatic carbocycles. The lowest BCUT2D eigenvalue weighted by molar-refractivity contribution is 0.635. The van der Waals surface area contributed by atoms with E-state index in [1.165, 1.54) is 11.3 Å². The molecule has 0 aliphatic rings. The van der Waals surface area contributed by atoms with Gasteiger partial charge in [-0.3, -0.25) is 9.67 Å². The first-order chi connectivity index (χ1) is 11.9. The van der Waals surface area contributed by atoms with E-state index in [0.29, 0.717) is 6.54 Å². The van der Waals surface area contributed by atoms with Gasteiger partial charge in [-0.05, 0) is 58.2 Å². The van der Waals surface area contributed by atoms with Crippen LogP contribution in [0.25, 0.3) is 0 Å². The van der Waals surface area contributed by atoms with E-state index >= 15 is 0 Å². The van der Waals surface area contributed by atoms with Crippen LogP contribution in [0.2, 0.25) is 0 Å². The Labute approximate surface area is 173 Å². The summed E-state index contributed by atoms with van der Waals surface area (Å²) in [7, 11) is 1.99. The summed E-state index contributed by atoms with van der Waals surface area (Å²) in [5, 5.41) is 11.3. The molecule has 2 rings (SSSR count). The smallest absolute Gasteiger partial charge is 0.191 e. The molecular formula is C19H31IN6. The zero-order valence-electron chi connectivity index (χ0n) is 16.6. The second-order valence-corrected chi connectivity index (χ2v) is 6.48. The number of rotatable bonds is 6. The molecule has 6 nitrogen and oxygen atoms in total. The van der Waals surface area contributed by atoms with Crippen LogP contribution in [0.15, 0.2) is 23.3 Å². The summed E-state index contributed by atoms with van der Waals surface area (Å²) >= 11 is 0. The molecule has 7 heteroatoms. The Balaban J connectivity index is 0.00000338. The lowest BCUT2D eigenvalue weighted by Gasteiger charge is -2.18. The molecule has 2 aromatic heterocycles. The molecule has 0 aliphatic heterocycles. The zero-order chi connectivity index (χ0) is 18.4. The number of nitrogens with one attached hydrogen (secondary N) is 2. The third-order valence-electron chi connectivity index (χ3n) is 4.40. The molecule has 0 spiro atoms. The van der Waals surface area contributed by atoms with Gasteiger partial charge in [-0.15, -0.1) is 24.0 Å². The van der Waals surface area contributed by atoms with Crippen LogP contribution in [-0.4, -0.2) is 33.3 Å². The Morgan fingerprint density at radius 1 is 1.31 bits per heavy atom. The molecule has 0 amide bonds. The standard InChI is InChI=1S/C19H30N6.HI/c1-7-20-19(22-12-18-13(2)9-8-10-21-18)23-14(3)11-17-15(4)24-25(6)16(17)5;/h8-10,14H,7,11-12H2,1-6H3,(H2,20,22,23);1H. The topological polar surface area (TPSA) is 67.1 Å². The molecule has 0 saturated carbocycles. The number of pyridine rings is 1. The Bertz CT molecular complexity index is 738. The predicted octanol–water partition coefficient (Wildman–Crippen LogP) is 3.04. The summed E-state index contributed by atoms with van der Waals surface area (Å²) in [6.07, 6.45) is 2.73. The summed E-state index contributed by atoms with van der Waals surface area (Å²) in [4.78, 5) is 9.10. The van der Waals surface area contributed by atoms with Crippen LogP contribution in [0.4, 0.5) is 0 Å². The number of hydrogen-bond acceptors (Lipinski definition) is 3. The van der Waals surface area contributed by atoms with E-state index in [1.807, 2.05) is 24.0 Å². The van der Waals surface area contributed by atoms with E-state index in [-0.39, 0.29) is 30.0 Å². The maximum atomic E-state index is 4.69. The fraction of sp³-hybridized carbons (Fsp3) is 0.526. The molecule has 0 saturated heterocycles. The normalized spacial score (nSPS) is 12.5. The number of guanidine groups is 1. The van der Waals surface area contributed by atoms with E-state index in [1.54, 1.807) is 0 Å². The van der Waals surface area contributed by atoms with Crippen LogP contribution in [0.3, 0.4) is 0 Å². The molecule has 2 N–H and O–H groups in total. The molecular weight excluding hydrogens is 439 g/mol. The minimum atomic E-state index is 0. The van der Waals surface area contributed by atoms with Gasteiger partial charge in [-0.2, -0.15) is 5.10 Å². The summed E-state index contributed by atoms with van der Waals surface area (Å²) in [6.45, 7) is 11.9. The van der Waals surface area contributed by atoms with Crippen molar-refractivity contribution in [1.82, 2.24) is 25.4 Å². The largest absolute Gasteiger partial charge is 0.357 e. The van der Waals surface area contributed by atoms with Crippen molar-refractivity contribution >= 4 is 29.9 Å². The average molecular weight is 470 g/mol. The van der Waals surface area contributed by atoms with Crippen LogP contribution in [0.1, 0.15) is 42.1 Å². The number of hydrogen-bond donors (Lipinski definition) is 2. The fourth-order valence-corrected chi connectivity index (χ4v) is 2.86. The third kappa shape index (κ3) is 5.96. The second kappa shape index (κ2) is 10.5. The highest BCUT2D eigenvalue weighted by Crippen LogP contribution is 2.14. The fourth-order valence-electron chi connectivity index (χ4n) is 2.86. The summed E-state index contributed by atoms with van der Waals surface area (Å²) in [6, 6.07) is 4.27. The van der Waals surface area contributed by atoms with Gasteiger partial charge in [0.05, 0.1) is 17.9 Å². The van der Waals surface area contributed by atoms with Crippen molar-refractivity contribution in [3.8, 4) is 0 Å². The van der Waals surface area contributed by atoms with Gasteiger partial charge in [0.15, 0.2) is 5.96 Å². The first-order valence-electron chi connectivity index (χ1n) is 8.86. The Morgan fingerprint density at radius 2 is 2.04 bits per heavy atom. The van der Waals surface area contributed by atoms with Gasteiger partial charge in [-0.25, -0.2) is 4.99 Å². The van der Waals surface area contributed by atoms with E-state index in [0.717, 1.165) is 35.9 Å². The molecule has 0 bridgehead atoms. The average Bonchev–Trinajstić information content (AvgIpc) is 2.80. The highest BCUT2D eigenvalue weighted by atomic mass is 127. The van der Waals surface area contributed by atoms with E-state index in [4.69, 9.17) is 0 Å². The third-order valence-corrected chi connectivity index (χ3v) is 4.40. The number of aryl methyl sites for hydroxylation is 3. The molecule has 0 aromatic carbocycles. The van der Waals surface area contributed by atoms with Crippen LogP contribution < -0.4 is 10.6 Å². The Hall–Kier alpha value is -1.64. The molecule has 1 atom stereocenters. The van der Waals surface area contributed by atoms with Crippen LogP contribution in [-0.2, 0) is 20.0 Å². The quantitative estimate of drug-likeness (QED) is 0.387. The molecule has 2 aromatic rings. The van der Waals surface area contributed by atoms with E-state index in [2.05, 4.69) is 66.4 Å². The van der Waals surface area contributed by atoms with Crippen molar-refractivity contribution in [2.45, 2.75) is 53.6 Å². The van der Waals surface area contributed by atoms with E-state index < -0.39 is 0 Å². The minimum absolute atomic E-state index is 0. The second-order valence-electron chi connectivity index (χ2n) is 6.48. The zero-order valence-corrected chi connectivity index (χ0v) is 19.0. The van der Waals surface area contributed by atoms with Crippen LogP contribution >= 0.6 is 24.0 Å². The lowest BCUT2D eigenvalue weighted by Crippen LogP contribution is -2.43. The van der Waals surface area contributed by atoms with Gasteiger partial charge in [0, 0.05) is 31.5 Å². The number of halogens is 1. The monoisotopic (exact) mass is 470 g/mol. The maximum absolute atomic E-state index is 4.69. The van der Waals surface area contributed by atoms with Crippen molar-refractivity contribution in [2.24, 2.45) is 12.0 Å². The summed E-state index contributed by atoms with van der Waals surface area (Å²) < 4.78 is 1.94. The molecule has 26 heavy (non-hydrogen) atoms. The van der Waals surface area contributed by atoms with Crippen molar-refractivity contribution in [2.75, 3.05) is 6.54 Å². The Kier molecular flexibility index (Phi) is 9.04. The molecule has 0 fully saturated rings. The van der Waals surface area contributed by atoms with Gasteiger partial charge in [-0.1, -0.05) is 6.07 Å². The maximum Gasteiger partial charge on any atom is 0.191 e. The van der Waals surface area contributed by atoms with Crippen molar-refractivity contribution in [3.63, 3.8) is 0 Å². The predicted molar refractivity (Wildman–Crippen MR) is 118 cm³/mol. The number of nitrogens with zero attached hydrogens (tertiary/aromatic N) is 4. The van der Waals surface area contributed by atoms with Crippen LogP contribution in [0.5, 0.6) is 0 Å². The lowest BCUT2D eigenvalue weighted by atomic mass is 10.1. The molecule has 1 unspecified atom stereocenters. The molecule has 0 radical (unpaired) electrons. The summed E-state index contributed by atoms with van der Waals surface area (Å²) in [5.74, 6) is 0.819.